The molecule has 17 heavy (non-hydrogen) atoms. The fourth-order valence-corrected chi connectivity index (χ4v) is 3.03. The van der Waals surface area contributed by atoms with Gasteiger partial charge in [0.05, 0.1) is 4.90 Å². The summed E-state index contributed by atoms with van der Waals surface area (Å²) in [5.74, 6) is -0.114. The Labute approximate surface area is 100 Å². The highest BCUT2D eigenvalue weighted by Crippen LogP contribution is 2.32. The van der Waals surface area contributed by atoms with Gasteiger partial charge in [-0.05, 0) is 43.0 Å². The minimum Gasteiger partial charge on any atom is -0.329 e. The zero-order valence-electron chi connectivity index (χ0n) is 9.27. The molecule has 94 valence electrons. The number of hydrogen-bond donors (Lipinski definition) is 2. The van der Waals surface area contributed by atoms with Gasteiger partial charge < -0.3 is 5.73 Å². The Morgan fingerprint density at radius 1 is 1.35 bits per heavy atom. The molecule has 0 heterocycles. The Morgan fingerprint density at radius 2 is 1.94 bits per heavy atom. The molecule has 0 spiro atoms. The van der Waals surface area contributed by atoms with Crippen LogP contribution in [0.15, 0.2) is 29.2 Å². The molecule has 0 aliphatic heterocycles. The van der Waals surface area contributed by atoms with Gasteiger partial charge in [-0.3, -0.25) is 0 Å². The zero-order chi connectivity index (χ0) is 12.5. The number of hydrogen-bond acceptors (Lipinski definition) is 3. The van der Waals surface area contributed by atoms with E-state index in [4.69, 9.17) is 5.73 Å². The smallest absolute Gasteiger partial charge is 0.240 e. The minimum atomic E-state index is -3.59. The molecule has 6 heteroatoms. The van der Waals surface area contributed by atoms with Crippen molar-refractivity contribution in [3.8, 4) is 0 Å². The number of benzene rings is 1. The maximum atomic E-state index is 12.7. The molecule has 1 fully saturated rings. The topological polar surface area (TPSA) is 72.2 Å². The van der Waals surface area contributed by atoms with E-state index >= 15 is 0 Å². The lowest BCUT2D eigenvalue weighted by molar-refractivity contribution is 0.519. The molecule has 1 saturated carbocycles. The average Bonchev–Trinajstić information content (AvgIpc) is 3.10. The van der Waals surface area contributed by atoms with Crippen LogP contribution in [0.2, 0.25) is 0 Å². The van der Waals surface area contributed by atoms with Gasteiger partial charge >= 0.3 is 0 Å². The van der Waals surface area contributed by atoms with Crippen molar-refractivity contribution in [3.05, 3.63) is 30.1 Å². The van der Waals surface area contributed by atoms with Crippen LogP contribution in [0.5, 0.6) is 0 Å². The number of halogens is 1. The number of nitrogens with one attached hydrogen (secondary N) is 1. The molecule has 0 saturated heterocycles. The van der Waals surface area contributed by atoms with Crippen LogP contribution in [0.1, 0.15) is 12.8 Å². The highest BCUT2D eigenvalue weighted by molar-refractivity contribution is 7.89. The Hall–Kier alpha value is -0.980. The van der Waals surface area contributed by atoms with E-state index < -0.39 is 15.8 Å². The van der Waals surface area contributed by atoms with Crippen LogP contribution in [0.25, 0.3) is 0 Å². The van der Waals surface area contributed by atoms with Crippen molar-refractivity contribution in [2.75, 3.05) is 6.54 Å². The van der Waals surface area contributed by atoms with Gasteiger partial charge in [0.1, 0.15) is 5.82 Å². The van der Waals surface area contributed by atoms with Gasteiger partial charge in [-0.2, -0.15) is 0 Å². The lowest BCUT2D eigenvalue weighted by Crippen LogP contribution is -2.41. The van der Waals surface area contributed by atoms with Crippen molar-refractivity contribution in [1.82, 2.24) is 4.72 Å². The van der Waals surface area contributed by atoms with E-state index in [0.717, 1.165) is 25.0 Å². The first-order valence-corrected chi connectivity index (χ1v) is 6.99. The standard InChI is InChI=1S/C11H15FN2O2S/c12-9-3-5-10(6-4-9)17(15,16)14-11(7-13)8-1-2-8/h3-6,8,11,14H,1-2,7,13H2. The first-order valence-electron chi connectivity index (χ1n) is 5.51. The predicted octanol–water partition coefficient (Wildman–Crippen LogP) is 0.841. The largest absolute Gasteiger partial charge is 0.329 e. The molecule has 1 aromatic carbocycles. The van der Waals surface area contributed by atoms with Crippen molar-refractivity contribution >= 4 is 10.0 Å². The molecule has 2 rings (SSSR count). The molecule has 1 aromatic rings. The second kappa shape index (κ2) is 4.72. The SMILES string of the molecule is NCC(NS(=O)(=O)c1ccc(F)cc1)C1CC1. The Kier molecular flexibility index (Phi) is 3.46. The first kappa shape index (κ1) is 12.5. The maximum absolute atomic E-state index is 12.7. The van der Waals surface area contributed by atoms with Gasteiger partial charge in [0.25, 0.3) is 0 Å². The van der Waals surface area contributed by atoms with E-state index in [-0.39, 0.29) is 17.5 Å². The molecule has 3 N–H and O–H groups in total. The first-order chi connectivity index (χ1) is 8.03. The van der Waals surface area contributed by atoms with Gasteiger partial charge in [0, 0.05) is 12.6 Å². The summed E-state index contributed by atoms with van der Waals surface area (Å²) in [5, 5.41) is 0. The normalized spacial score (nSPS) is 18.0. The molecule has 0 aromatic heterocycles. The van der Waals surface area contributed by atoms with Crippen LogP contribution >= 0.6 is 0 Å². The van der Waals surface area contributed by atoms with Gasteiger partial charge in [0.15, 0.2) is 0 Å². The second-order valence-electron chi connectivity index (χ2n) is 4.25. The molecule has 0 bridgehead atoms. The highest BCUT2D eigenvalue weighted by Gasteiger charge is 2.33. The molecule has 1 aliphatic carbocycles. The Morgan fingerprint density at radius 3 is 2.41 bits per heavy atom. The molecule has 1 aliphatic rings. The number of nitrogens with two attached hydrogens (primary N) is 1. The molecule has 4 nitrogen and oxygen atoms in total. The average molecular weight is 258 g/mol. The third-order valence-corrected chi connectivity index (χ3v) is 4.38. The van der Waals surface area contributed by atoms with Crippen LogP contribution < -0.4 is 10.5 Å². The maximum Gasteiger partial charge on any atom is 0.240 e. The fraction of sp³-hybridized carbons (Fsp3) is 0.455. The molecule has 1 atom stereocenters. The van der Waals surface area contributed by atoms with Crippen molar-refractivity contribution in [2.45, 2.75) is 23.8 Å². The fourth-order valence-electron chi connectivity index (χ4n) is 1.72. The predicted molar refractivity (Wildman–Crippen MR) is 62.3 cm³/mol. The molecule has 0 amide bonds. The minimum absolute atomic E-state index is 0.0676. The molecule has 1 unspecified atom stereocenters. The molecular weight excluding hydrogens is 243 g/mol. The van der Waals surface area contributed by atoms with Crippen molar-refractivity contribution in [1.29, 1.82) is 0 Å². The van der Waals surface area contributed by atoms with Gasteiger partial charge in [-0.15, -0.1) is 0 Å². The van der Waals surface area contributed by atoms with Crippen LogP contribution in [0.4, 0.5) is 4.39 Å². The Balaban J connectivity index is 2.15. The lowest BCUT2D eigenvalue weighted by atomic mass is 10.2. The van der Waals surface area contributed by atoms with Gasteiger partial charge in [-0.1, -0.05) is 0 Å². The van der Waals surface area contributed by atoms with E-state index in [1.165, 1.54) is 12.1 Å². The quantitative estimate of drug-likeness (QED) is 0.822. The summed E-state index contributed by atoms with van der Waals surface area (Å²) in [6.45, 7) is 0.283. The van der Waals surface area contributed by atoms with Crippen LogP contribution in [0, 0.1) is 11.7 Å². The third-order valence-electron chi connectivity index (χ3n) is 2.88. The van der Waals surface area contributed by atoms with Crippen LogP contribution in [0.3, 0.4) is 0 Å². The van der Waals surface area contributed by atoms with Gasteiger partial charge in [-0.25, -0.2) is 17.5 Å². The van der Waals surface area contributed by atoms with Crippen LogP contribution in [-0.4, -0.2) is 21.0 Å². The summed E-state index contributed by atoms with van der Waals surface area (Å²) in [6, 6.07) is 4.54. The highest BCUT2D eigenvalue weighted by atomic mass is 32.2. The van der Waals surface area contributed by atoms with Crippen LogP contribution in [-0.2, 0) is 10.0 Å². The van der Waals surface area contributed by atoms with Crippen molar-refractivity contribution in [3.63, 3.8) is 0 Å². The van der Waals surface area contributed by atoms with E-state index in [2.05, 4.69) is 4.72 Å². The Bertz CT molecular complexity index is 483. The molecule has 0 radical (unpaired) electrons. The summed E-state index contributed by atoms with van der Waals surface area (Å²) in [5.41, 5.74) is 5.54. The summed E-state index contributed by atoms with van der Waals surface area (Å²) in [6.07, 6.45) is 2.02. The van der Waals surface area contributed by atoms with E-state index in [9.17, 15) is 12.8 Å². The van der Waals surface area contributed by atoms with E-state index in [1.54, 1.807) is 0 Å². The van der Waals surface area contributed by atoms with Crippen molar-refractivity contribution in [2.24, 2.45) is 11.7 Å². The third kappa shape index (κ3) is 3.02. The monoisotopic (exact) mass is 258 g/mol. The van der Waals surface area contributed by atoms with Gasteiger partial charge in [0.2, 0.25) is 10.0 Å². The van der Waals surface area contributed by atoms with E-state index in [0.29, 0.717) is 5.92 Å². The lowest BCUT2D eigenvalue weighted by Gasteiger charge is -2.16. The summed E-state index contributed by atoms with van der Waals surface area (Å²) in [7, 11) is -3.59. The van der Waals surface area contributed by atoms with E-state index in [1.807, 2.05) is 0 Å². The zero-order valence-corrected chi connectivity index (χ0v) is 10.1. The summed E-state index contributed by atoms with van der Waals surface area (Å²) < 4.78 is 39.2. The van der Waals surface area contributed by atoms with Crippen molar-refractivity contribution < 1.29 is 12.8 Å². The summed E-state index contributed by atoms with van der Waals surface area (Å²) >= 11 is 0. The number of sulfonamides is 1. The number of rotatable bonds is 5. The summed E-state index contributed by atoms with van der Waals surface area (Å²) in [4.78, 5) is 0.0676. The second-order valence-corrected chi connectivity index (χ2v) is 5.97. The molecular formula is C11H15FN2O2S.